The topological polar surface area (TPSA) is 71.1 Å². The molecule has 0 spiro atoms. The van der Waals surface area contributed by atoms with Gasteiger partial charge in [-0.25, -0.2) is 9.59 Å². The highest BCUT2D eigenvalue weighted by atomic mass is 79.9. The van der Waals surface area contributed by atoms with Crippen molar-refractivity contribution in [1.29, 1.82) is 0 Å². The molecule has 0 saturated carbocycles. The molecule has 0 saturated heterocycles. The third kappa shape index (κ3) is 9.28. The van der Waals surface area contributed by atoms with Gasteiger partial charge in [0, 0.05) is 5.41 Å². The van der Waals surface area contributed by atoms with Gasteiger partial charge >= 0.3 is 12.3 Å². The van der Waals surface area contributed by atoms with Crippen LogP contribution >= 0.6 is 63.7 Å². The third-order valence-corrected chi connectivity index (χ3v) is 10.0. The molecule has 47 heavy (non-hydrogen) atoms. The highest BCUT2D eigenvalue weighted by molar-refractivity contribution is 9.11. The van der Waals surface area contributed by atoms with Crippen molar-refractivity contribution in [2.24, 2.45) is 0 Å². The minimum absolute atomic E-state index is 0.0139. The van der Waals surface area contributed by atoms with Crippen LogP contribution in [0.5, 0.6) is 23.0 Å². The Morgan fingerprint density at radius 2 is 0.723 bits per heavy atom. The molecular weight excluding hydrogens is 860 g/mol. The molecule has 0 aliphatic rings. The number of hydrogen-bond acceptors (Lipinski definition) is 6. The zero-order valence-electron chi connectivity index (χ0n) is 27.4. The summed E-state index contributed by atoms with van der Waals surface area (Å²) in [4.78, 5) is 25.3. The van der Waals surface area contributed by atoms with E-state index in [0.717, 1.165) is 22.3 Å². The Balaban J connectivity index is 1.47. The van der Waals surface area contributed by atoms with Crippen LogP contribution in [0.2, 0.25) is 0 Å². The van der Waals surface area contributed by atoms with Crippen LogP contribution in [-0.2, 0) is 16.2 Å². The predicted octanol–water partition coefficient (Wildman–Crippen LogP) is 12.8. The summed E-state index contributed by atoms with van der Waals surface area (Å²) >= 11 is 14.3. The van der Waals surface area contributed by atoms with E-state index >= 15 is 0 Å². The van der Waals surface area contributed by atoms with E-state index in [0.29, 0.717) is 40.9 Å². The van der Waals surface area contributed by atoms with Crippen molar-refractivity contribution < 1.29 is 28.5 Å². The van der Waals surface area contributed by atoms with Gasteiger partial charge in [0.15, 0.2) is 11.5 Å². The molecule has 0 aromatic heterocycles. The van der Waals surface area contributed by atoms with Crippen molar-refractivity contribution in [2.45, 2.75) is 71.6 Å². The number of carbonyl (C=O) groups is 2. The van der Waals surface area contributed by atoms with Crippen molar-refractivity contribution in [3.63, 3.8) is 0 Å². The summed E-state index contributed by atoms with van der Waals surface area (Å²) in [6.07, 6.45) is -1.71. The summed E-state index contributed by atoms with van der Waals surface area (Å²) in [6.45, 7) is 16.8. The fourth-order valence-electron chi connectivity index (χ4n) is 4.65. The fraction of sp³-hybridized carbons (Fsp3) is 0.297. The van der Waals surface area contributed by atoms with Crippen LogP contribution in [0.1, 0.15) is 77.6 Å². The second-order valence-electron chi connectivity index (χ2n) is 13.6. The summed E-state index contributed by atoms with van der Waals surface area (Å²) in [5, 5.41) is 0. The molecule has 0 aliphatic carbocycles. The molecule has 4 aromatic carbocycles. The lowest BCUT2D eigenvalue weighted by molar-refractivity contribution is 0.150. The Morgan fingerprint density at radius 3 is 0.979 bits per heavy atom. The van der Waals surface area contributed by atoms with E-state index in [1.165, 1.54) is 0 Å². The maximum atomic E-state index is 12.7. The molecule has 0 aliphatic heterocycles. The smallest absolute Gasteiger partial charge is 0.395 e. The second-order valence-corrected chi connectivity index (χ2v) is 17.0. The van der Waals surface area contributed by atoms with Crippen LogP contribution < -0.4 is 18.9 Å². The number of halogens is 4. The maximum Gasteiger partial charge on any atom is 0.519 e. The molecule has 4 aromatic rings. The van der Waals surface area contributed by atoms with Crippen LogP contribution in [0.25, 0.3) is 0 Å². The zero-order chi connectivity index (χ0) is 34.9. The van der Waals surface area contributed by atoms with E-state index < -0.39 is 17.7 Å². The zero-order valence-corrected chi connectivity index (χ0v) is 33.7. The normalized spacial score (nSPS) is 12.0. The number of rotatable bonds is 6. The Labute approximate surface area is 310 Å². The second kappa shape index (κ2) is 14.4. The molecular formula is C37H36Br4O6. The quantitative estimate of drug-likeness (QED) is 0.142. The monoisotopic (exact) mass is 892 g/mol. The Kier molecular flexibility index (Phi) is 11.4. The van der Waals surface area contributed by atoms with E-state index in [2.05, 4.69) is 119 Å². The molecule has 6 nitrogen and oxygen atoms in total. The lowest BCUT2D eigenvalue weighted by atomic mass is 9.78. The van der Waals surface area contributed by atoms with Crippen molar-refractivity contribution in [3.8, 4) is 23.0 Å². The molecule has 0 radical (unpaired) electrons. The lowest BCUT2D eigenvalue weighted by Crippen LogP contribution is -2.20. The van der Waals surface area contributed by atoms with Gasteiger partial charge in [-0.2, -0.15) is 0 Å². The van der Waals surface area contributed by atoms with Crippen LogP contribution in [0.15, 0.2) is 90.7 Å². The Bertz CT molecular complexity index is 1610. The number of hydrogen-bond donors (Lipinski definition) is 0. The lowest BCUT2D eigenvalue weighted by Gasteiger charge is -2.28. The van der Waals surface area contributed by atoms with Crippen molar-refractivity contribution in [3.05, 3.63) is 113 Å². The van der Waals surface area contributed by atoms with Crippen molar-refractivity contribution >= 4 is 76.0 Å². The van der Waals surface area contributed by atoms with Gasteiger partial charge in [0.25, 0.3) is 0 Å². The van der Waals surface area contributed by atoms with Gasteiger partial charge in [-0.3, -0.25) is 0 Å². The number of carbonyl (C=O) groups excluding carboxylic acids is 2. The average molecular weight is 896 g/mol. The highest BCUT2D eigenvalue weighted by Crippen LogP contribution is 2.44. The number of benzene rings is 4. The van der Waals surface area contributed by atoms with Gasteiger partial charge < -0.3 is 18.9 Å². The van der Waals surface area contributed by atoms with Crippen LogP contribution in [0.3, 0.4) is 0 Å². The molecule has 4 rings (SSSR count). The maximum absolute atomic E-state index is 12.7. The minimum atomic E-state index is -0.856. The molecule has 0 heterocycles. The summed E-state index contributed by atoms with van der Waals surface area (Å²) in [5.41, 5.74) is 3.53. The fourth-order valence-corrected chi connectivity index (χ4v) is 7.35. The average Bonchev–Trinajstić information content (AvgIpc) is 2.96. The highest BCUT2D eigenvalue weighted by Gasteiger charge is 2.29. The SMILES string of the molecule is CC(C)(C)c1ccc(OC(=O)Oc2c(Br)cc(C(C)(C)c3cc(Br)c(OC(=O)Oc4ccc(C(C)(C)C)cc4)c(Br)c3)cc2Br)cc1. The van der Waals surface area contributed by atoms with E-state index in [9.17, 15) is 9.59 Å². The number of ether oxygens (including phenoxy) is 4. The summed E-state index contributed by atoms with van der Waals surface area (Å²) in [5.74, 6) is 1.36. The van der Waals surface area contributed by atoms with Crippen molar-refractivity contribution in [2.75, 3.05) is 0 Å². The van der Waals surface area contributed by atoms with Crippen molar-refractivity contribution in [1.82, 2.24) is 0 Å². The molecule has 0 N–H and O–H groups in total. The van der Waals surface area contributed by atoms with E-state index in [1.54, 1.807) is 24.3 Å². The van der Waals surface area contributed by atoms with Crippen LogP contribution in [-0.4, -0.2) is 12.3 Å². The molecule has 0 fully saturated rings. The first-order valence-corrected chi connectivity index (χ1v) is 17.9. The molecule has 10 heteroatoms. The largest absolute Gasteiger partial charge is 0.519 e. The van der Waals surface area contributed by atoms with Gasteiger partial charge in [0.05, 0.1) is 17.9 Å². The van der Waals surface area contributed by atoms with Gasteiger partial charge in [0.1, 0.15) is 11.5 Å². The minimum Gasteiger partial charge on any atom is -0.395 e. The Morgan fingerprint density at radius 1 is 0.447 bits per heavy atom. The first kappa shape index (κ1) is 37.2. The van der Waals surface area contributed by atoms with Crippen LogP contribution in [0, 0.1) is 0 Å². The summed E-state index contributed by atoms with van der Waals surface area (Å²) in [6, 6.07) is 22.3. The van der Waals surface area contributed by atoms with Crippen LogP contribution in [0.4, 0.5) is 9.59 Å². The first-order chi connectivity index (χ1) is 21.8. The van der Waals surface area contributed by atoms with Gasteiger partial charge in [0.2, 0.25) is 0 Å². The molecule has 248 valence electrons. The summed E-state index contributed by atoms with van der Waals surface area (Å²) < 4.78 is 24.2. The molecule has 0 atom stereocenters. The molecule has 0 amide bonds. The first-order valence-electron chi connectivity index (χ1n) is 14.7. The van der Waals surface area contributed by atoms with E-state index in [1.807, 2.05) is 48.5 Å². The van der Waals surface area contributed by atoms with Gasteiger partial charge in [-0.05, 0) is 145 Å². The molecule has 0 unspecified atom stereocenters. The standard InChI is InChI=1S/C37H36Br4O6/c1-35(2,3)21-9-13-25(14-10-21)44-33(42)46-31-27(38)17-23(18-28(31)39)37(7,8)24-19-29(40)32(30(41)20-24)47-34(43)45-26-15-11-22(12-16-26)36(4,5)6/h9-20H,1-8H3. The summed E-state index contributed by atoms with van der Waals surface area (Å²) in [7, 11) is 0. The van der Waals surface area contributed by atoms with E-state index in [4.69, 9.17) is 18.9 Å². The van der Waals surface area contributed by atoms with Gasteiger partial charge in [-0.15, -0.1) is 0 Å². The van der Waals surface area contributed by atoms with Gasteiger partial charge in [-0.1, -0.05) is 79.7 Å². The Hall–Kier alpha value is -2.66. The third-order valence-electron chi connectivity index (χ3n) is 7.65. The van der Waals surface area contributed by atoms with E-state index in [-0.39, 0.29) is 10.8 Å². The predicted molar refractivity (Wildman–Crippen MR) is 199 cm³/mol. The molecule has 0 bridgehead atoms.